The zero-order valence-electron chi connectivity index (χ0n) is 16.9. The molecule has 0 unspecified atom stereocenters. The zero-order chi connectivity index (χ0) is 19.8. The first kappa shape index (κ1) is 20.3. The Morgan fingerprint density at radius 1 is 1.07 bits per heavy atom. The quantitative estimate of drug-likeness (QED) is 0.515. The van der Waals surface area contributed by atoms with Gasteiger partial charge in [0.15, 0.2) is 5.78 Å². The lowest BCUT2D eigenvalue weighted by Crippen LogP contribution is -2.26. The summed E-state index contributed by atoms with van der Waals surface area (Å²) in [5.41, 5.74) is 9.83. The summed E-state index contributed by atoms with van der Waals surface area (Å²) in [6, 6.07) is 16.0. The molecule has 0 bridgehead atoms. The van der Waals surface area contributed by atoms with Crippen molar-refractivity contribution in [2.45, 2.75) is 45.1 Å². The van der Waals surface area contributed by atoms with Gasteiger partial charge in [-0.25, -0.2) is 0 Å². The predicted molar refractivity (Wildman–Crippen MR) is 118 cm³/mol. The Morgan fingerprint density at radius 3 is 2.50 bits per heavy atom. The van der Waals surface area contributed by atoms with Crippen LogP contribution in [0.1, 0.15) is 48.8 Å². The summed E-state index contributed by atoms with van der Waals surface area (Å²) < 4.78 is 0. The second-order valence-corrected chi connectivity index (χ2v) is 8.12. The van der Waals surface area contributed by atoms with Crippen LogP contribution in [0.3, 0.4) is 0 Å². The van der Waals surface area contributed by atoms with Crippen molar-refractivity contribution in [3.63, 3.8) is 0 Å². The Labute approximate surface area is 169 Å². The fourth-order valence-electron chi connectivity index (χ4n) is 4.05. The van der Waals surface area contributed by atoms with Crippen LogP contribution in [0, 0.1) is 5.92 Å². The van der Waals surface area contributed by atoms with E-state index in [1.54, 1.807) is 6.08 Å². The molecule has 2 N–H and O–H groups in total. The van der Waals surface area contributed by atoms with Gasteiger partial charge in [0.05, 0.1) is 0 Å². The molecule has 0 aromatic heterocycles. The SMILES string of the molecule is CN(Cc1ccc(/C=C/C(=O)Cc2ccccc2N)cc1)CC1CCCCC1. The highest BCUT2D eigenvalue weighted by Crippen LogP contribution is 2.24. The Kier molecular flexibility index (Phi) is 7.44. The van der Waals surface area contributed by atoms with Gasteiger partial charge in [0.25, 0.3) is 0 Å². The van der Waals surface area contributed by atoms with Crippen LogP contribution in [-0.2, 0) is 17.8 Å². The molecule has 0 aliphatic heterocycles. The monoisotopic (exact) mass is 376 g/mol. The van der Waals surface area contributed by atoms with E-state index in [4.69, 9.17) is 5.73 Å². The molecule has 148 valence electrons. The first-order valence-corrected chi connectivity index (χ1v) is 10.4. The molecule has 0 amide bonds. The number of carbonyl (C=O) groups is 1. The van der Waals surface area contributed by atoms with Crippen molar-refractivity contribution in [1.82, 2.24) is 4.90 Å². The number of nitrogen functional groups attached to an aromatic ring is 1. The van der Waals surface area contributed by atoms with Gasteiger partial charge in [-0.3, -0.25) is 4.79 Å². The highest BCUT2D eigenvalue weighted by Gasteiger charge is 2.15. The van der Waals surface area contributed by atoms with Crippen LogP contribution in [0.5, 0.6) is 0 Å². The van der Waals surface area contributed by atoms with Gasteiger partial charge < -0.3 is 10.6 Å². The van der Waals surface area contributed by atoms with Crippen molar-refractivity contribution in [3.05, 3.63) is 71.3 Å². The highest BCUT2D eigenvalue weighted by atomic mass is 16.1. The van der Waals surface area contributed by atoms with Crippen LogP contribution in [0.2, 0.25) is 0 Å². The number of hydrogen-bond donors (Lipinski definition) is 1. The van der Waals surface area contributed by atoms with E-state index in [-0.39, 0.29) is 5.78 Å². The van der Waals surface area contributed by atoms with Crippen LogP contribution in [-0.4, -0.2) is 24.3 Å². The van der Waals surface area contributed by atoms with Crippen molar-refractivity contribution >= 4 is 17.5 Å². The molecular weight excluding hydrogens is 344 g/mol. The van der Waals surface area contributed by atoms with Crippen molar-refractivity contribution in [3.8, 4) is 0 Å². The number of benzene rings is 2. The molecule has 2 aromatic rings. The molecule has 3 heteroatoms. The standard InChI is InChI=1S/C25H32N2O/c1-27(18-21-7-3-2-4-8-21)19-22-13-11-20(12-14-22)15-16-24(28)17-23-9-5-6-10-25(23)26/h5-6,9-16,21H,2-4,7-8,17-19,26H2,1H3/b16-15+. The summed E-state index contributed by atoms with van der Waals surface area (Å²) in [5.74, 6) is 0.930. The first-order chi connectivity index (χ1) is 13.6. The van der Waals surface area contributed by atoms with Crippen molar-refractivity contribution in [2.75, 3.05) is 19.3 Å². The molecule has 1 saturated carbocycles. The van der Waals surface area contributed by atoms with E-state index >= 15 is 0 Å². The smallest absolute Gasteiger partial charge is 0.160 e. The average Bonchev–Trinajstić information content (AvgIpc) is 2.70. The number of anilines is 1. The molecule has 28 heavy (non-hydrogen) atoms. The minimum Gasteiger partial charge on any atom is -0.398 e. The molecular formula is C25H32N2O. The van der Waals surface area contributed by atoms with Crippen molar-refractivity contribution in [1.29, 1.82) is 0 Å². The Hall–Kier alpha value is -2.39. The summed E-state index contributed by atoms with van der Waals surface area (Å²) >= 11 is 0. The molecule has 0 atom stereocenters. The van der Waals surface area contributed by atoms with Crippen molar-refractivity contribution in [2.24, 2.45) is 5.92 Å². The van der Waals surface area contributed by atoms with E-state index in [1.807, 2.05) is 30.3 Å². The maximum absolute atomic E-state index is 12.2. The average molecular weight is 377 g/mol. The summed E-state index contributed by atoms with van der Waals surface area (Å²) in [4.78, 5) is 14.6. The molecule has 0 saturated heterocycles. The first-order valence-electron chi connectivity index (χ1n) is 10.4. The minimum absolute atomic E-state index is 0.0641. The molecule has 1 aliphatic carbocycles. The van der Waals surface area contributed by atoms with Crippen LogP contribution < -0.4 is 5.73 Å². The lowest BCUT2D eigenvalue weighted by Gasteiger charge is -2.27. The van der Waals surface area contributed by atoms with Crippen LogP contribution in [0.25, 0.3) is 6.08 Å². The third-order valence-electron chi connectivity index (χ3n) is 5.61. The zero-order valence-corrected chi connectivity index (χ0v) is 16.9. The lowest BCUT2D eigenvalue weighted by atomic mass is 9.89. The summed E-state index contributed by atoms with van der Waals surface area (Å²) in [6.07, 6.45) is 10.9. The van der Waals surface area contributed by atoms with Crippen LogP contribution >= 0.6 is 0 Å². The molecule has 1 aliphatic rings. The van der Waals surface area contributed by atoms with E-state index in [2.05, 4.69) is 36.2 Å². The lowest BCUT2D eigenvalue weighted by molar-refractivity contribution is -0.113. The van der Waals surface area contributed by atoms with E-state index in [9.17, 15) is 4.79 Å². The highest BCUT2D eigenvalue weighted by molar-refractivity contribution is 5.95. The number of nitrogens with two attached hydrogens (primary N) is 1. The fourth-order valence-corrected chi connectivity index (χ4v) is 4.05. The molecule has 1 fully saturated rings. The maximum atomic E-state index is 12.2. The van der Waals surface area contributed by atoms with Crippen molar-refractivity contribution < 1.29 is 4.79 Å². The number of ketones is 1. The third-order valence-corrected chi connectivity index (χ3v) is 5.61. The normalized spacial score (nSPS) is 15.4. The van der Waals surface area contributed by atoms with Gasteiger partial charge in [-0.1, -0.05) is 67.8 Å². The van der Waals surface area contributed by atoms with Crippen LogP contribution in [0.4, 0.5) is 5.69 Å². The van der Waals surface area contributed by atoms with E-state index in [0.717, 1.165) is 23.6 Å². The van der Waals surface area contributed by atoms with Gasteiger partial charge in [-0.15, -0.1) is 0 Å². The minimum atomic E-state index is 0.0641. The van der Waals surface area contributed by atoms with E-state index in [1.165, 1.54) is 44.2 Å². The summed E-state index contributed by atoms with van der Waals surface area (Å²) in [6.45, 7) is 2.17. The second-order valence-electron chi connectivity index (χ2n) is 8.12. The Bertz CT molecular complexity index is 788. The number of rotatable bonds is 8. The number of hydrogen-bond acceptors (Lipinski definition) is 3. The summed E-state index contributed by atoms with van der Waals surface area (Å²) in [5, 5.41) is 0. The molecule has 3 nitrogen and oxygen atoms in total. The van der Waals surface area contributed by atoms with Gasteiger partial charge in [0.2, 0.25) is 0 Å². The molecule has 0 spiro atoms. The predicted octanol–water partition coefficient (Wildman–Crippen LogP) is 5.11. The molecule has 0 radical (unpaired) electrons. The van der Waals surface area contributed by atoms with Gasteiger partial charge in [-0.05, 0) is 54.6 Å². The third kappa shape index (κ3) is 6.35. The number of carbonyl (C=O) groups excluding carboxylic acids is 1. The van der Waals surface area contributed by atoms with Crippen LogP contribution in [0.15, 0.2) is 54.6 Å². The maximum Gasteiger partial charge on any atom is 0.160 e. The number of allylic oxidation sites excluding steroid dienone is 1. The second kappa shape index (κ2) is 10.2. The van der Waals surface area contributed by atoms with Gasteiger partial charge in [-0.2, -0.15) is 0 Å². The fraction of sp³-hybridized carbons (Fsp3) is 0.400. The molecule has 2 aromatic carbocycles. The summed E-state index contributed by atoms with van der Waals surface area (Å²) in [7, 11) is 2.22. The topological polar surface area (TPSA) is 46.3 Å². The number of para-hydroxylation sites is 1. The van der Waals surface area contributed by atoms with Gasteiger partial charge in [0, 0.05) is 25.2 Å². The Balaban J connectivity index is 1.48. The van der Waals surface area contributed by atoms with E-state index < -0.39 is 0 Å². The van der Waals surface area contributed by atoms with Gasteiger partial charge >= 0.3 is 0 Å². The van der Waals surface area contributed by atoms with E-state index in [0.29, 0.717) is 12.1 Å². The molecule has 3 rings (SSSR count). The van der Waals surface area contributed by atoms with Gasteiger partial charge in [0.1, 0.15) is 0 Å². The molecule has 0 heterocycles. The Morgan fingerprint density at radius 2 is 1.79 bits per heavy atom. The number of nitrogens with zero attached hydrogens (tertiary/aromatic N) is 1. The largest absolute Gasteiger partial charge is 0.398 e.